The number of aryl methyl sites for hydroxylation is 1. The number of nitro groups is 1. The minimum Gasteiger partial charge on any atom is -0.485 e. The summed E-state index contributed by atoms with van der Waals surface area (Å²) in [5.41, 5.74) is 7.00. The van der Waals surface area contributed by atoms with Crippen LogP contribution in [0.25, 0.3) is 0 Å². The molecule has 2 N–H and O–H groups in total. The largest absolute Gasteiger partial charge is 0.485 e. The number of nitrogens with zero attached hydrogens (tertiary/aromatic N) is 1. The lowest BCUT2D eigenvalue weighted by molar-refractivity contribution is -0.386. The van der Waals surface area contributed by atoms with Gasteiger partial charge in [0.1, 0.15) is 0 Å². The van der Waals surface area contributed by atoms with Crippen LogP contribution in [-0.4, -0.2) is 11.5 Å². The highest BCUT2D eigenvalue weighted by Crippen LogP contribution is 2.29. The highest BCUT2D eigenvalue weighted by Gasteiger charge is 2.18. The summed E-state index contributed by atoms with van der Waals surface area (Å²) in [5, 5.41) is 10.8. The maximum Gasteiger partial charge on any atom is 0.314 e. The van der Waals surface area contributed by atoms with Gasteiger partial charge in [-0.3, -0.25) is 10.1 Å². The fourth-order valence-electron chi connectivity index (χ4n) is 1.92. The third-order valence-electron chi connectivity index (χ3n) is 2.98. The number of rotatable bonds is 6. The standard InChI is InChI=1S/C15H15FN2O3/c16-13-4-1-5-14(18(19)20)15(13)21-10-2-3-11-6-8-12(17)9-7-11/h1,4-9H,2-3,10,17H2. The van der Waals surface area contributed by atoms with Gasteiger partial charge in [0.25, 0.3) is 0 Å². The fraction of sp³-hybridized carbons (Fsp3) is 0.200. The highest BCUT2D eigenvalue weighted by molar-refractivity contribution is 5.46. The van der Waals surface area contributed by atoms with Crippen LogP contribution in [0.15, 0.2) is 42.5 Å². The van der Waals surface area contributed by atoms with E-state index in [4.69, 9.17) is 10.5 Å². The molecule has 21 heavy (non-hydrogen) atoms. The second kappa shape index (κ2) is 6.69. The van der Waals surface area contributed by atoms with Crippen LogP contribution in [0.5, 0.6) is 5.75 Å². The maximum atomic E-state index is 13.6. The molecule has 5 nitrogen and oxygen atoms in total. The number of anilines is 1. The Hall–Kier alpha value is -2.63. The van der Waals surface area contributed by atoms with E-state index in [0.717, 1.165) is 18.1 Å². The van der Waals surface area contributed by atoms with Crippen LogP contribution < -0.4 is 10.5 Å². The molecule has 2 rings (SSSR count). The number of para-hydroxylation sites is 1. The Kier molecular flexibility index (Phi) is 4.71. The lowest BCUT2D eigenvalue weighted by Crippen LogP contribution is -2.04. The lowest BCUT2D eigenvalue weighted by atomic mass is 10.1. The number of nitro benzene ring substituents is 1. The number of nitrogen functional groups attached to an aromatic ring is 1. The molecule has 2 aromatic rings. The molecule has 6 heteroatoms. The highest BCUT2D eigenvalue weighted by atomic mass is 19.1. The van der Waals surface area contributed by atoms with Crippen LogP contribution in [0.1, 0.15) is 12.0 Å². The van der Waals surface area contributed by atoms with E-state index in [-0.39, 0.29) is 18.0 Å². The van der Waals surface area contributed by atoms with E-state index in [1.807, 2.05) is 12.1 Å². The molecular formula is C15H15FN2O3. The van der Waals surface area contributed by atoms with Crippen molar-refractivity contribution in [3.63, 3.8) is 0 Å². The third kappa shape index (κ3) is 3.92. The topological polar surface area (TPSA) is 78.4 Å². The predicted molar refractivity (Wildman–Crippen MR) is 77.7 cm³/mol. The molecule has 0 amide bonds. The molecular weight excluding hydrogens is 275 g/mol. The van der Waals surface area contributed by atoms with Gasteiger partial charge in [-0.15, -0.1) is 0 Å². The molecule has 2 aromatic carbocycles. The molecule has 0 aliphatic heterocycles. The summed E-state index contributed by atoms with van der Waals surface area (Å²) < 4.78 is 18.8. The second-order valence-electron chi connectivity index (χ2n) is 4.54. The van der Waals surface area contributed by atoms with Crippen LogP contribution in [-0.2, 0) is 6.42 Å². The fourth-order valence-corrected chi connectivity index (χ4v) is 1.92. The Morgan fingerprint density at radius 1 is 1.19 bits per heavy atom. The van der Waals surface area contributed by atoms with E-state index in [0.29, 0.717) is 12.1 Å². The Bertz CT molecular complexity index is 629. The van der Waals surface area contributed by atoms with E-state index < -0.39 is 10.7 Å². The second-order valence-corrected chi connectivity index (χ2v) is 4.54. The van der Waals surface area contributed by atoms with Gasteiger partial charge in [-0.05, 0) is 36.6 Å². The third-order valence-corrected chi connectivity index (χ3v) is 2.98. The first-order valence-corrected chi connectivity index (χ1v) is 6.48. The van der Waals surface area contributed by atoms with Crippen molar-refractivity contribution in [2.24, 2.45) is 0 Å². The van der Waals surface area contributed by atoms with Gasteiger partial charge in [-0.25, -0.2) is 4.39 Å². The van der Waals surface area contributed by atoms with E-state index in [2.05, 4.69) is 0 Å². The molecule has 0 saturated carbocycles. The number of hydrogen-bond acceptors (Lipinski definition) is 4. The molecule has 0 radical (unpaired) electrons. The van der Waals surface area contributed by atoms with E-state index in [1.54, 1.807) is 12.1 Å². The summed E-state index contributed by atoms with van der Waals surface area (Å²) >= 11 is 0. The zero-order chi connectivity index (χ0) is 15.2. The van der Waals surface area contributed by atoms with Gasteiger partial charge in [0.2, 0.25) is 5.75 Å². The minimum atomic E-state index is -0.725. The first-order valence-electron chi connectivity index (χ1n) is 6.48. The first kappa shape index (κ1) is 14.8. The number of ether oxygens (including phenoxy) is 1. The molecule has 0 aliphatic carbocycles. The molecule has 0 heterocycles. The number of benzene rings is 2. The van der Waals surface area contributed by atoms with Crippen LogP contribution >= 0.6 is 0 Å². The van der Waals surface area contributed by atoms with Gasteiger partial charge in [0, 0.05) is 11.8 Å². The minimum absolute atomic E-state index is 0.201. The molecule has 0 aliphatic rings. The van der Waals surface area contributed by atoms with Crippen molar-refractivity contribution in [1.29, 1.82) is 0 Å². The molecule has 0 saturated heterocycles. The average Bonchev–Trinajstić information content (AvgIpc) is 2.46. The normalized spacial score (nSPS) is 10.3. The van der Waals surface area contributed by atoms with Crippen LogP contribution in [0.4, 0.5) is 15.8 Å². The van der Waals surface area contributed by atoms with Crippen LogP contribution in [0.3, 0.4) is 0 Å². The van der Waals surface area contributed by atoms with Crippen LogP contribution in [0, 0.1) is 15.9 Å². The van der Waals surface area contributed by atoms with Gasteiger partial charge in [0.05, 0.1) is 11.5 Å². The number of hydrogen-bond donors (Lipinski definition) is 1. The van der Waals surface area contributed by atoms with Gasteiger partial charge in [0.15, 0.2) is 5.82 Å². The Labute approximate surface area is 121 Å². The Balaban J connectivity index is 1.92. The Morgan fingerprint density at radius 2 is 1.90 bits per heavy atom. The summed E-state index contributed by atoms with van der Waals surface area (Å²) in [6.45, 7) is 0.201. The van der Waals surface area contributed by atoms with E-state index in [9.17, 15) is 14.5 Å². The molecule has 0 bridgehead atoms. The van der Waals surface area contributed by atoms with Crippen molar-refractivity contribution in [2.45, 2.75) is 12.8 Å². The summed E-state index contributed by atoms with van der Waals surface area (Å²) in [7, 11) is 0. The zero-order valence-electron chi connectivity index (χ0n) is 11.3. The molecule has 0 fully saturated rings. The smallest absolute Gasteiger partial charge is 0.314 e. The quantitative estimate of drug-likeness (QED) is 0.383. The first-order chi connectivity index (χ1) is 10.1. The lowest BCUT2D eigenvalue weighted by Gasteiger charge is -2.07. The summed E-state index contributed by atoms with van der Waals surface area (Å²) in [4.78, 5) is 10.2. The molecule has 0 unspecified atom stereocenters. The number of nitrogens with two attached hydrogens (primary N) is 1. The Morgan fingerprint density at radius 3 is 2.57 bits per heavy atom. The monoisotopic (exact) mass is 290 g/mol. The van der Waals surface area contributed by atoms with Gasteiger partial charge in [-0.2, -0.15) is 0 Å². The predicted octanol–water partition coefficient (Wildman–Crippen LogP) is 3.33. The molecule has 0 spiro atoms. The zero-order valence-corrected chi connectivity index (χ0v) is 11.3. The van der Waals surface area contributed by atoms with Crippen molar-refractivity contribution < 1.29 is 14.1 Å². The van der Waals surface area contributed by atoms with Gasteiger partial charge in [-0.1, -0.05) is 18.2 Å². The average molecular weight is 290 g/mol. The van der Waals surface area contributed by atoms with Crippen molar-refractivity contribution in [3.8, 4) is 5.75 Å². The van der Waals surface area contributed by atoms with Crippen molar-refractivity contribution in [1.82, 2.24) is 0 Å². The SMILES string of the molecule is Nc1ccc(CCCOc2c(F)cccc2[N+](=O)[O-])cc1. The van der Waals surface area contributed by atoms with Gasteiger partial charge < -0.3 is 10.5 Å². The van der Waals surface area contributed by atoms with Crippen molar-refractivity contribution in [2.75, 3.05) is 12.3 Å². The molecule has 110 valence electrons. The van der Waals surface area contributed by atoms with Gasteiger partial charge >= 0.3 is 5.69 Å². The molecule has 0 aromatic heterocycles. The maximum absolute atomic E-state index is 13.6. The summed E-state index contributed by atoms with van der Waals surface area (Å²) in [5.74, 6) is -1.03. The van der Waals surface area contributed by atoms with Crippen molar-refractivity contribution >= 4 is 11.4 Å². The van der Waals surface area contributed by atoms with E-state index >= 15 is 0 Å². The summed E-state index contributed by atoms with van der Waals surface area (Å²) in [6.07, 6.45) is 1.35. The van der Waals surface area contributed by atoms with Crippen LogP contribution in [0.2, 0.25) is 0 Å². The summed E-state index contributed by atoms with van der Waals surface area (Å²) in [6, 6.07) is 11.1. The van der Waals surface area contributed by atoms with Crippen molar-refractivity contribution in [3.05, 3.63) is 64.0 Å². The number of halogens is 1. The van der Waals surface area contributed by atoms with E-state index in [1.165, 1.54) is 12.1 Å². The molecule has 0 atom stereocenters.